The van der Waals surface area contributed by atoms with Crippen LogP contribution in [0.2, 0.25) is 0 Å². The molecule has 2 aromatic rings. The number of nitrogens with one attached hydrogen (secondary N) is 2. The lowest BCUT2D eigenvalue weighted by Crippen LogP contribution is -2.40. The van der Waals surface area contributed by atoms with Crippen LogP contribution >= 0.6 is 0 Å². The molecule has 30 heavy (non-hydrogen) atoms. The number of hydrogen-bond donors (Lipinski definition) is 2. The average molecular weight is 404 g/mol. The number of amides is 4. The van der Waals surface area contributed by atoms with Gasteiger partial charge in [-0.15, -0.1) is 0 Å². The topological polar surface area (TPSA) is 90.9 Å². The lowest BCUT2D eigenvalue weighted by Gasteiger charge is -2.15. The van der Waals surface area contributed by atoms with E-state index in [4.69, 9.17) is 0 Å². The number of hydrogen-bond acceptors (Lipinski definition) is 4. The number of urea groups is 1. The highest BCUT2D eigenvalue weighted by Gasteiger charge is 2.43. The van der Waals surface area contributed by atoms with Crippen molar-refractivity contribution in [1.29, 1.82) is 0 Å². The fourth-order valence-electron chi connectivity index (χ4n) is 2.96. The van der Waals surface area contributed by atoms with Crippen LogP contribution in [-0.2, 0) is 9.59 Å². The van der Waals surface area contributed by atoms with Crippen molar-refractivity contribution in [2.45, 2.75) is 25.8 Å². The quantitative estimate of drug-likeness (QED) is 0.422. The number of imide groups is 1. The molecule has 0 aliphatic carbocycles. The molecule has 0 spiro atoms. The van der Waals surface area contributed by atoms with Crippen LogP contribution in [0.25, 0.3) is 6.08 Å². The Hall–Kier alpha value is -3.74. The van der Waals surface area contributed by atoms with Crippen molar-refractivity contribution in [2.24, 2.45) is 5.10 Å². The minimum atomic E-state index is -0.950. The molecule has 0 unspecified atom stereocenters. The molecule has 3 rings (SSSR count). The van der Waals surface area contributed by atoms with Crippen LogP contribution in [0.1, 0.15) is 31.4 Å². The molecule has 1 saturated heterocycles. The third kappa shape index (κ3) is 5.20. The Kier molecular flexibility index (Phi) is 6.41. The predicted molar refractivity (Wildman–Crippen MR) is 116 cm³/mol. The van der Waals surface area contributed by atoms with Crippen LogP contribution < -0.4 is 10.7 Å². The van der Waals surface area contributed by atoms with Gasteiger partial charge in [0.15, 0.2) is 0 Å². The minimum absolute atomic E-state index is 0.00399. The fraction of sp³-hybridized carbons (Fsp3) is 0.217. The van der Waals surface area contributed by atoms with E-state index in [-0.39, 0.29) is 24.8 Å². The average Bonchev–Trinajstić information content (AvgIpc) is 2.94. The maximum atomic E-state index is 12.3. The van der Waals surface area contributed by atoms with Gasteiger partial charge in [0.25, 0.3) is 5.91 Å². The standard InChI is InChI=1S/C23H24N4O3/c1-23(2)21(29)27(22(30)24-23)16-15-20(28)26-25-19(18-11-7-4-8-12-18)14-13-17-9-5-3-6-10-17/h3-14H,15-16H2,1-2H3,(H,24,30)(H,26,28)/b14-13+,25-19+. The van der Waals surface area contributed by atoms with Crippen molar-refractivity contribution >= 4 is 29.6 Å². The molecule has 0 atom stereocenters. The molecular formula is C23H24N4O3. The molecule has 2 aromatic carbocycles. The van der Waals surface area contributed by atoms with Crippen molar-refractivity contribution in [3.05, 3.63) is 77.9 Å². The number of rotatable bonds is 7. The summed E-state index contributed by atoms with van der Waals surface area (Å²) < 4.78 is 0. The Labute approximate surface area is 175 Å². The molecule has 4 amide bonds. The molecule has 1 heterocycles. The lowest BCUT2D eigenvalue weighted by atomic mass is 10.1. The second kappa shape index (κ2) is 9.17. The van der Waals surface area contributed by atoms with E-state index in [2.05, 4.69) is 15.8 Å². The number of carbonyl (C=O) groups is 3. The highest BCUT2D eigenvalue weighted by atomic mass is 16.2. The van der Waals surface area contributed by atoms with Gasteiger partial charge in [-0.25, -0.2) is 10.2 Å². The van der Waals surface area contributed by atoms with Crippen LogP contribution in [0.4, 0.5) is 4.79 Å². The Morgan fingerprint density at radius 3 is 2.30 bits per heavy atom. The summed E-state index contributed by atoms with van der Waals surface area (Å²) in [6.45, 7) is 3.25. The highest BCUT2D eigenvalue weighted by molar-refractivity contribution is 6.11. The molecule has 1 fully saturated rings. The van der Waals surface area contributed by atoms with E-state index in [0.29, 0.717) is 5.71 Å². The summed E-state index contributed by atoms with van der Waals surface area (Å²) in [6.07, 6.45) is 3.70. The van der Waals surface area contributed by atoms with Crippen LogP contribution in [0.3, 0.4) is 0 Å². The summed E-state index contributed by atoms with van der Waals surface area (Å²) in [5.41, 5.74) is 4.01. The largest absolute Gasteiger partial charge is 0.325 e. The maximum absolute atomic E-state index is 12.3. The molecule has 1 aliphatic heterocycles. The van der Waals surface area contributed by atoms with Crippen LogP contribution in [0, 0.1) is 0 Å². The van der Waals surface area contributed by atoms with E-state index in [1.165, 1.54) is 0 Å². The van der Waals surface area contributed by atoms with Gasteiger partial charge in [0.2, 0.25) is 5.91 Å². The Morgan fingerprint density at radius 2 is 1.70 bits per heavy atom. The molecular weight excluding hydrogens is 380 g/mol. The van der Waals surface area contributed by atoms with Gasteiger partial charge in [-0.1, -0.05) is 66.7 Å². The van der Waals surface area contributed by atoms with E-state index < -0.39 is 11.6 Å². The first kappa shape index (κ1) is 21.0. The summed E-state index contributed by atoms with van der Waals surface area (Å²) >= 11 is 0. The molecule has 1 aliphatic rings. The summed E-state index contributed by atoms with van der Waals surface area (Å²) in [7, 11) is 0. The van der Waals surface area contributed by atoms with Crippen molar-refractivity contribution in [3.8, 4) is 0 Å². The number of nitrogens with zero attached hydrogens (tertiary/aromatic N) is 2. The van der Waals surface area contributed by atoms with Gasteiger partial charge in [-0.3, -0.25) is 14.5 Å². The maximum Gasteiger partial charge on any atom is 0.325 e. The second-order valence-corrected chi connectivity index (χ2v) is 7.40. The number of benzene rings is 2. The number of allylic oxidation sites excluding steroid dienone is 1. The second-order valence-electron chi connectivity index (χ2n) is 7.40. The monoisotopic (exact) mass is 404 g/mol. The van der Waals surface area contributed by atoms with Gasteiger partial charge in [0.1, 0.15) is 5.54 Å². The zero-order chi connectivity index (χ0) is 21.6. The number of hydrazone groups is 1. The van der Waals surface area contributed by atoms with E-state index in [9.17, 15) is 14.4 Å². The molecule has 0 saturated carbocycles. The third-order valence-corrected chi connectivity index (χ3v) is 4.61. The Balaban J connectivity index is 1.66. The molecule has 0 bridgehead atoms. The van der Waals surface area contributed by atoms with Crippen molar-refractivity contribution < 1.29 is 14.4 Å². The van der Waals surface area contributed by atoms with Gasteiger partial charge in [0.05, 0.1) is 5.71 Å². The van der Waals surface area contributed by atoms with Crippen molar-refractivity contribution in [2.75, 3.05) is 6.54 Å². The Bertz CT molecular complexity index is 982. The van der Waals surface area contributed by atoms with Gasteiger partial charge in [0, 0.05) is 18.5 Å². The van der Waals surface area contributed by atoms with Crippen LogP contribution in [0.15, 0.2) is 71.8 Å². The van der Waals surface area contributed by atoms with E-state index in [1.807, 2.05) is 72.8 Å². The SMILES string of the molecule is CC1(C)NC(=O)N(CCC(=O)N/N=C(\C=C\c2ccccc2)c2ccccc2)C1=O. The zero-order valence-electron chi connectivity index (χ0n) is 17.0. The molecule has 154 valence electrons. The molecule has 7 heteroatoms. The normalized spacial score (nSPS) is 16.1. The highest BCUT2D eigenvalue weighted by Crippen LogP contribution is 2.16. The van der Waals surface area contributed by atoms with Gasteiger partial charge >= 0.3 is 6.03 Å². The van der Waals surface area contributed by atoms with Crippen molar-refractivity contribution in [3.63, 3.8) is 0 Å². The molecule has 2 N–H and O–H groups in total. The first-order valence-corrected chi connectivity index (χ1v) is 9.66. The van der Waals surface area contributed by atoms with Gasteiger partial charge < -0.3 is 5.32 Å². The molecule has 0 aromatic heterocycles. The smallest absolute Gasteiger partial charge is 0.324 e. The number of carbonyl (C=O) groups excluding carboxylic acids is 3. The molecule has 0 radical (unpaired) electrons. The van der Waals surface area contributed by atoms with Crippen molar-refractivity contribution in [1.82, 2.24) is 15.6 Å². The fourth-order valence-corrected chi connectivity index (χ4v) is 2.96. The first-order valence-electron chi connectivity index (χ1n) is 9.66. The van der Waals surface area contributed by atoms with Gasteiger partial charge in [-0.2, -0.15) is 5.10 Å². The lowest BCUT2D eigenvalue weighted by molar-refractivity contribution is -0.130. The van der Waals surface area contributed by atoms with Crippen LogP contribution in [-0.4, -0.2) is 40.5 Å². The Morgan fingerprint density at radius 1 is 1.07 bits per heavy atom. The predicted octanol–water partition coefficient (Wildman–Crippen LogP) is 2.94. The summed E-state index contributed by atoms with van der Waals surface area (Å²) in [6, 6.07) is 18.8. The van der Waals surface area contributed by atoms with E-state index >= 15 is 0 Å². The van der Waals surface area contributed by atoms with E-state index in [1.54, 1.807) is 13.8 Å². The first-order chi connectivity index (χ1) is 14.4. The zero-order valence-corrected chi connectivity index (χ0v) is 17.0. The minimum Gasteiger partial charge on any atom is -0.324 e. The molecule has 7 nitrogen and oxygen atoms in total. The summed E-state index contributed by atoms with van der Waals surface area (Å²) in [4.78, 5) is 37.4. The third-order valence-electron chi connectivity index (χ3n) is 4.61. The summed E-state index contributed by atoms with van der Waals surface area (Å²) in [5, 5.41) is 6.84. The summed E-state index contributed by atoms with van der Waals surface area (Å²) in [5.74, 6) is -0.735. The van der Waals surface area contributed by atoms with E-state index in [0.717, 1.165) is 16.0 Å². The van der Waals surface area contributed by atoms with Gasteiger partial charge in [-0.05, 0) is 25.5 Å². The van der Waals surface area contributed by atoms with Crippen LogP contribution in [0.5, 0.6) is 0 Å².